The molecule has 1 aliphatic rings. The number of hydrogen-bond donors (Lipinski definition) is 1. The zero-order valence-electron chi connectivity index (χ0n) is 18.4. The van der Waals surface area contributed by atoms with Gasteiger partial charge in [0.05, 0.1) is 17.8 Å². The molecule has 0 radical (unpaired) electrons. The van der Waals surface area contributed by atoms with E-state index in [0.717, 1.165) is 49.8 Å². The van der Waals surface area contributed by atoms with Crippen molar-refractivity contribution in [1.29, 1.82) is 0 Å². The van der Waals surface area contributed by atoms with Crippen LogP contribution in [0.3, 0.4) is 0 Å². The van der Waals surface area contributed by atoms with E-state index in [1.807, 2.05) is 38.1 Å². The Morgan fingerprint density at radius 2 is 1.88 bits per heavy atom. The zero-order valence-corrected chi connectivity index (χ0v) is 20.7. The summed E-state index contributed by atoms with van der Waals surface area (Å²) >= 11 is 14.2. The Morgan fingerprint density at radius 1 is 1.16 bits per heavy atom. The summed E-state index contributed by atoms with van der Waals surface area (Å²) in [7, 11) is 1.64. The molecule has 1 saturated carbocycles. The third-order valence-corrected chi connectivity index (χ3v) is 7.39. The van der Waals surface area contributed by atoms with E-state index < -0.39 is 6.04 Å². The Labute approximate surface area is 203 Å². The molecule has 0 bridgehead atoms. The van der Waals surface area contributed by atoms with Crippen molar-refractivity contribution in [3.63, 3.8) is 0 Å². The van der Waals surface area contributed by atoms with Crippen LogP contribution >= 0.6 is 34.5 Å². The van der Waals surface area contributed by atoms with Crippen LogP contribution in [0.5, 0.6) is 5.75 Å². The Balaban J connectivity index is 1.59. The van der Waals surface area contributed by atoms with Gasteiger partial charge in [0.15, 0.2) is 0 Å². The average molecular weight is 485 g/mol. The maximum atomic E-state index is 6.53. The van der Waals surface area contributed by atoms with Gasteiger partial charge in [0.2, 0.25) is 0 Å². The SMILES string of the molecule is COc1cc(Cl)c(-c2nc(C(N)C#C[C@@H](CC3CC3)c3ccc(Cl)cc3)sc2C)cc1C. The molecule has 2 aromatic carbocycles. The standard InChI is InChI=1S/C26H26Cl2N2OS/c1-15-12-21(22(28)14-24(15)31-3)25-16(2)32-26(30-25)23(29)11-8-19(13-17-4-5-17)18-6-9-20(27)10-7-18/h6-7,9-10,12,14,17,19,23H,4-5,13,29H2,1-3H3/t19-,23?/m0/s1. The second-order valence-corrected chi connectivity index (χ2v) is 10.4. The predicted octanol–water partition coefficient (Wildman–Crippen LogP) is 7.33. The zero-order chi connectivity index (χ0) is 22.8. The van der Waals surface area contributed by atoms with E-state index in [1.165, 1.54) is 18.4 Å². The van der Waals surface area contributed by atoms with Gasteiger partial charge in [-0.3, -0.25) is 0 Å². The van der Waals surface area contributed by atoms with Crippen LogP contribution in [0, 0.1) is 31.6 Å². The molecule has 0 amide bonds. The van der Waals surface area contributed by atoms with Crippen LogP contribution in [0.25, 0.3) is 11.3 Å². The van der Waals surface area contributed by atoms with Gasteiger partial charge in [-0.1, -0.05) is 60.0 Å². The lowest BCUT2D eigenvalue weighted by atomic mass is 9.94. The fraction of sp³-hybridized carbons (Fsp3) is 0.346. The summed E-state index contributed by atoms with van der Waals surface area (Å²) in [4.78, 5) is 5.89. The van der Waals surface area contributed by atoms with Crippen LogP contribution < -0.4 is 10.5 Å². The summed E-state index contributed by atoms with van der Waals surface area (Å²) in [6.45, 7) is 4.03. The molecule has 0 saturated heterocycles. The van der Waals surface area contributed by atoms with E-state index in [4.69, 9.17) is 38.7 Å². The first-order valence-electron chi connectivity index (χ1n) is 10.7. The van der Waals surface area contributed by atoms with Crippen molar-refractivity contribution >= 4 is 34.5 Å². The monoisotopic (exact) mass is 484 g/mol. The first kappa shape index (κ1) is 23.1. The van der Waals surface area contributed by atoms with Crippen LogP contribution in [0.4, 0.5) is 0 Å². The largest absolute Gasteiger partial charge is 0.496 e. The lowest BCUT2D eigenvalue weighted by molar-refractivity contribution is 0.412. The minimum absolute atomic E-state index is 0.157. The van der Waals surface area contributed by atoms with Crippen molar-refractivity contribution in [3.05, 3.63) is 67.5 Å². The number of aryl methyl sites for hydroxylation is 2. The van der Waals surface area contributed by atoms with Gasteiger partial charge in [0.25, 0.3) is 0 Å². The molecule has 0 aliphatic heterocycles. The number of halogens is 2. The number of nitrogens with two attached hydrogens (primary N) is 1. The van der Waals surface area contributed by atoms with Crippen molar-refractivity contribution in [2.24, 2.45) is 11.7 Å². The van der Waals surface area contributed by atoms with Crippen molar-refractivity contribution < 1.29 is 4.74 Å². The topological polar surface area (TPSA) is 48.1 Å². The van der Waals surface area contributed by atoms with E-state index in [0.29, 0.717) is 5.02 Å². The summed E-state index contributed by atoms with van der Waals surface area (Å²) in [5, 5.41) is 2.15. The molecule has 0 spiro atoms. The lowest BCUT2D eigenvalue weighted by Crippen LogP contribution is -2.08. The number of hydrogen-bond acceptors (Lipinski definition) is 4. The molecular weight excluding hydrogens is 459 g/mol. The highest BCUT2D eigenvalue weighted by Gasteiger charge is 2.26. The van der Waals surface area contributed by atoms with E-state index >= 15 is 0 Å². The molecule has 3 nitrogen and oxygen atoms in total. The number of ether oxygens (including phenoxy) is 1. The summed E-state index contributed by atoms with van der Waals surface area (Å²) in [5.74, 6) is 8.39. The predicted molar refractivity (Wildman–Crippen MR) is 135 cm³/mol. The second-order valence-electron chi connectivity index (χ2n) is 8.31. The molecule has 32 heavy (non-hydrogen) atoms. The van der Waals surface area contributed by atoms with E-state index in [9.17, 15) is 0 Å². The second kappa shape index (κ2) is 9.85. The summed E-state index contributed by atoms with van der Waals surface area (Å²) in [5.41, 5.74) is 10.4. The third-order valence-electron chi connectivity index (χ3n) is 5.77. The highest BCUT2D eigenvalue weighted by atomic mass is 35.5. The van der Waals surface area contributed by atoms with Gasteiger partial charge >= 0.3 is 0 Å². The van der Waals surface area contributed by atoms with E-state index in [1.54, 1.807) is 18.4 Å². The van der Waals surface area contributed by atoms with Crippen LogP contribution in [-0.4, -0.2) is 12.1 Å². The molecule has 166 valence electrons. The van der Waals surface area contributed by atoms with Crippen molar-refractivity contribution in [3.8, 4) is 28.8 Å². The average Bonchev–Trinajstić information content (AvgIpc) is 3.52. The molecular formula is C26H26Cl2N2OS. The van der Waals surface area contributed by atoms with Gasteiger partial charge in [-0.2, -0.15) is 0 Å². The summed E-state index contributed by atoms with van der Waals surface area (Å²) in [6, 6.07) is 11.4. The van der Waals surface area contributed by atoms with Crippen molar-refractivity contribution in [2.45, 2.75) is 45.1 Å². The number of aromatic nitrogens is 1. The first-order valence-corrected chi connectivity index (χ1v) is 12.3. The van der Waals surface area contributed by atoms with Crippen LogP contribution in [0.1, 0.15) is 52.2 Å². The molecule has 2 N–H and O–H groups in total. The lowest BCUT2D eigenvalue weighted by Gasteiger charge is -2.11. The van der Waals surface area contributed by atoms with Gasteiger partial charge in [0, 0.05) is 21.4 Å². The Bertz CT molecular complexity index is 1170. The molecule has 4 rings (SSSR count). The van der Waals surface area contributed by atoms with Gasteiger partial charge in [0.1, 0.15) is 16.8 Å². The molecule has 1 aromatic heterocycles. The Kier molecular flexibility index (Phi) is 7.12. The number of nitrogens with zero attached hydrogens (tertiary/aromatic N) is 1. The normalized spacial score (nSPS) is 15.1. The fourth-order valence-electron chi connectivity index (χ4n) is 3.78. The minimum Gasteiger partial charge on any atom is -0.496 e. The summed E-state index contributed by atoms with van der Waals surface area (Å²) in [6.07, 6.45) is 3.63. The van der Waals surface area contributed by atoms with Gasteiger partial charge in [-0.25, -0.2) is 4.98 Å². The smallest absolute Gasteiger partial charge is 0.123 e. The molecule has 2 atom stereocenters. The molecule has 3 aromatic rings. The Morgan fingerprint density at radius 3 is 2.53 bits per heavy atom. The number of benzene rings is 2. The fourth-order valence-corrected chi connectivity index (χ4v) is 5.03. The van der Waals surface area contributed by atoms with Gasteiger partial charge < -0.3 is 10.5 Å². The van der Waals surface area contributed by atoms with E-state index in [-0.39, 0.29) is 5.92 Å². The van der Waals surface area contributed by atoms with Crippen LogP contribution in [0.15, 0.2) is 36.4 Å². The number of rotatable bonds is 6. The molecule has 1 aliphatic carbocycles. The summed E-state index contributed by atoms with van der Waals surface area (Å²) < 4.78 is 5.37. The van der Waals surface area contributed by atoms with E-state index in [2.05, 4.69) is 24.0 Å². The molecule has 1 fully saturated rings. The number of methoxy groups -OCH3 is 1. The van der Waals surface area contributed by atoms with Crippen LogP contribution in [-0.2, 0) is 0 Å². The number of thiazole rings is 1. The molecule has 1 unspecified atom stereocenters. The quantitative estimate of drug-likeness (QED) is 0.372. The third kappa shape index (κ3) is 5.30. The van der Waals surface area contributed by atoms with Gasteiger partial charge in [-0.15, -0.1) is 11.3 Å². The Hall–Kier alpha value is -2.03. The minimum atomic E-state index is -0.445. The van der Waals surface area contributed by atoms with Gasteiger partial charge in [-0.05, 0) is 61.6 Å². The highest BCUT2D eigenvalue weighted by molar-refractivity contribution is 7.12. The van der Waals surface area contributed by atoms with Crippen LogP contribution in [0.2, 0.25) is 10.0 Å². The maximum Gasteiger partial charge on any atom is 0.123 e. The molecule has 6 heteroatoms. The van der Waals surface area contributed by atoms with Crippen molar-refractivity contribution in [2.75, 3.05) is 7.11 Å². The van der Waals surface area contributed by atoms with Crippen molar-refractivity contribution in [1.82, 2.24) is 4.98 Å². The molecule has 1 heterocycles. The first-order chi connectivity index (χ1) is 15.4. The maximum absolute atomic E-state index is 6.53. The highest BCUT2D eigenvalue weighted by Crippen LogP contribution is 2.39.